The van der Waals surface area contributed by atoms with Gasteiger partial charge >= 0.3 is 0 Å². The van der Waals surface area contributed by atoms with Crippen LogP contribution in [0.1, 0.15) is 40.5 Å². The molecule has 0 spiro atoms. The molecule has 15 heavy (non-hydrogen) atoms. The van der Waals surface area contributed by atoms with Gasteiger partial charge in [-0.3, -0.25) is 0 Å². The normalized spacial score (nSPS) is 35.6. The molecule has 1 rings (SSSR count). The van der Waals surface area contributed by atoms with Gasteiger partial charge in [0.25, 0.3) is 0 Å². The van der Waals surface area contributed by atoms with E-state index in [1.54, 1.807) is 0 Å². The van der Waals surface area contributed by atoms with Gasteiger partial charge in [-0.05, 0) is 26.7 Å². The van der Waals surface area contributed by atoms with Crippen molar-refractivity contribution in [3.63, 3.8) is 0 Å². The maximum Gasteiger partial charge on any atom is 0.0704 e. The van der Waals surface area contributed by atoms with Crippen LogP contribution < -0.4 is 0 Å². The minimum Gasteiger partial charge on any atom is -0.376 e. The lowest BCUT2D eigenvalue weighted by Crippen LogP contribution is -2.53. The van der Waals surface area contributed by atoms with Crippen LogP contribution in [-0.4, -0.2) is 30.8 Å². The Hall–Kier alpha value is 0.210. The zero-order chi connectivity index (χ0) is 11.5. The molecule has 3 atom stereocenters. The molecule has 1 aliphatic carbocycles. The van der Waals surface area contributed by atoms with Crippen LogP contribution >= 0.6 is 11.6 Å². The summed E-state index contributed by atoms with van der Waals surface area (Å²) in [6.45, 7) is 9.82. The smallest absolute Gasteiger partial charge is 0.0704 e. The summed E-state index contributed by atoms with van der Waals surface area (Å²) in [4.78, 5) is 0. The summed E-state index contributed by atoms with van der Waals surface area (Å²) in [6.07, 6.45) is 2.67. The number of ether oxygens (including phenoxy) is 2. The summed E-state index contributed by atoms with van der Waals surface area (Å²) in [5.74, 6) is 0. The molecule has 0 heterocycles. The van der Waals surface area contributed by atoms with Crippen molar-refractivity contribution in [2.75, 3.05) is 13.2 Å². The van der Waals surface area contributed by atoms with E-state index >= 15 is 0 Å². The molecule has 0 amide bonds. The highest BCUT2D eigenvalue weighted by atomic mass is 35.5. The molecule has 0 N–H and O–H groups in total. The monoisotopic (exact) mass is 234 g/mol. The molecule has 2 nitrogen and oxygen atoms in total. The Morgan fingerprint density at radius 2 is 2.07 bits per heavy atom. The first-order valence-electron chi connectivity index (χ1n) is 5.88. The molecule has 3 heteroatoms. The van der Waals surface area contributed by atoms with Gasteiger partial charge in [-0.1, -0.05) is 13.8 Å². The van der Waals surface area contributed by atoms with Gasteiger partial charge < -0.3 is 9.47 Å². The minimum atomic E-state index is 0.166. The van der Waals surface area contributed by atoms with E-state index < -0.39 is 0 Å². The summed E-state index contributed by atoms with van der Waals surface area (Å²) in [5, 5.41) is 0.276. The van der Waals surface area contributed by atoms with Crippen LogP contribution in [-0.2, 0) is 9.47 Å². The molecule has 0 aliphatic heterocycles. The molecule has 0 aromatic heterocycles. The van der Waals surface area contributed by atoms with E-state index in [0.717, 1.165) is 12.8 Å². The van der Waals surface area contributed by atoms with E-state index in [0.29, 0.717) is 19.3 Å². The first kappa shape index (κ1) is 13.3. The predicted octanol–water partition coefficient (Wildman–Crippen LogP) is 3.22. The molecule has 0 saturated heterocycles. The second-order valence-electron chi connectivity index (χ2n) is 4.84. The van der Waals surface area contributed by atoms with Crippen molar-refractivity contribution >= 4 is 11.6 Å². The highest BCUT2D eigenvalue weighted by Gasteiger charge is 2.50. The van der Waals surface area contributed by atoms with Gasteiger partial charge in [0.2, 0.25) is 0 Å². The zero-order valence-corrected chi connectivity index (χ0v) is 11.0. The molecule has 1 saturated carbocycles. The number of alkyl halides is 1. The molecular formula is C12H23ClO2. The van der Waals surface area contributed by atoms with E-state index in [-0.39, 0.29) is 16.9 Å². The molecule has 90 valence electrons. The molecule has 3 unspecified atom stereocenters. The lowest BCUT2D eigenvalue weighted by atomic mass is 9.65. The minimum absolute atomic E-state index is 0.166. The summed E-state index contributed by atoms with van der Waals surface area (Å²) in [7, 11) is 0. The first-order valence-corrected chi connectivity index (χ1v) is 6.31. The highest BCUT2D eigenvalue weighted by Crippen LogP contribution is 2.48. The topological polar surface area (TPSA) is 18.5 Å². The van der Waals surface area contributed by atoms with Crippen molar-refractivity contribution in [3.8, 4) is 0 Å². The fraction of sp³-hybridized carbons (Fsp3) is 1.00. The molecule has 0 radical (unpaired) electrons. The third kappa shape index (κ3) is 3.08. The number of hydrogen-bond acceptors (Lipinski definition) is 2. The zero-order valence-electron chi connectivity index (χ0n) is 10.3. The molecular weight excluding hydrogens is 212 g/mol. The van der Waals surface area contributed by atoms with Gasteiger partial charge in [0, 0.05) is 10.8 Å². The van der Waals surface area contributed by atoms with Crippen molar-refractivity contribution in [2.24, 2.45) is 5.41 Å². The van der Waals surface area contributed by atoms with E-state index in [1.807, 2.05) is 13.8 Å². The standard InChI is InChI=1S/C12H23ClO2/c1-5-12(4)10(13)8-11(12)15-7-6-14-9(2)3/h9-11H,5-8H2,1-4H3. The van der Waals surface area contributed by atoms with Crippen molar-refractivity contribution in [2.45, 2.75) is 58.1 Å². The largest absolute Gasteiger partial charge is 0.376 e. The summed E-state index contributed by atoms with van der Waals surface area (Å²) in [6, 6.07) is 0. The van der Waals surface area contributed by atoms with Gasteiger partial charge in [-0.25, -0.2) is 0 Å². The van der Waals surface area contributed by atoms with Gasteiger partial charge in [-0.15, -0.1) is 11.6 Å². The Kier molecular flexibility index (Phi) is 4.88. The quantitative estimate of drug-likeness (QED) is 0.519. The van der Waals surface area contributed by atoms with Crippen LogP contribution in [0.4, 0.5) is 0 Å². The van der Waals surface area contributed by atoms with Crippen molar-refractivity contribution < 1.29 is 9.47 Å². The fourth-order valence-electron chi connectivity index (χ4n) is 1.95. The van der Waals surface area contributed by atoms with Crippen LogP contribution in [0.15, 0.2) is 0 Å². The second-order valence-corrected chi connectivity index (χ2v) is 5.37. The summed E-state index contributed by atoms with van der Waals surface area (Å²) < 4.78 is 11.2. The molecule has 0 bridgehead atoms. The Bertz CT molecular complexity index is 196. The van der Waals surface area contributed by atoms with Crippen molar-refractivity contribution in [3.05, 3.63) is 0 Å². The Balaban J connectivity index is 2.18. The van der Waals surface area contributed by atoms with Gasteiger partial charge in [0.15, 0.2) is 0 Å². The van der Waals surface area contributed by atoms with Crippen LogP contribution in [0.5, 0.6) is 0 Å². The Morgan fingerprint density at radius 1 is 1.40 bits per heavy atom. The Labute approximate surface area is 98.3 Å². The maximum absolute atomic E-state index is 6.20. The third-order valence-corrected chi connectivity index (χ3v) is 4.16. The van der Waals surface area contributed by atoms with E-state index in [4.69, 9.17) is 21.1 Å². The number of hydrogen-bond donors (Lipinski definition) is 0. The predicted molar refractivity (Wildman–Crippen MR) is 63.5 cm³/mol. The van der Waals surface area contributed by atoms with Crippen molar-refractivity contribution in [1.82, 2.24) is 0 Å². The molecule has 0 aromatic rings. The van der Waals surface area contributed by atoms with Gasteiger partial charge in [0.1, 0.15) is 0 Å². The maximum atomic E-state index is 6.20. The lowest BCUT2D eigenvalue weighted by Gasteiger charge is -2.50. The summed E-state index contributed by atoms with van der Waals surface area (Å²) in [5.41, 5.74) is 0.166. The van der Waals surface area contributed by atoms with Crippen molar-refractivity contribution in [1.29, 1.82) is 0 Å². The van der Waals surface area contributed by atoms with Gasteiger partial charge in [-0.2, -0.15) is 0 Å². The molecule has 1 aliphatic rings. The number of rotatable bonds is 6. The first-order chi connectivity index (χ1) is 7.00. The van der Waals surface area contributed by atoms with Crippen LogP contribution in [0.3, 0.4) is 0 Å². The highest BCUT2D eigenvalue weighted by molar-refractivity contribution is 6.21. The summed E-state index contributed by atoms with van der Waals surface area (Å²) >= 11 is 6.20. The van der Waals surface area contributed by atoms with E-state index in [2.05, 4.69) is 13.8 Å². The lowest BCUT2D eigenvalue weighted by molar-refractivity contribution is -0.115. The average Bonchev–Trinajstić information content (AvgIpc) is 2.20. The number of halogens is 1. The third-order valence-electron chi connectivity index (χ3n) is 3.49. The second kappa shape index (κ2) is 5.51. The van der Waals surface area contributed by atoms with Gasteiger partial charge in [0.05, 0.1) is 25.4 Å². The van der Waals surface area contributed by atoms with Crippen LogP contribution in [0, 0.1) is 5.41 Å². The SMILES string of the molecule is CCC1(C)C(Cl)CC1OCCOC(C)C. The fourth-order valence-corrected chi connectivity index (χ4v) is 2.41. The molecule has 0 aromatic carbocycles. The van der Waals surface area contributed by atoms with Crippen LogP contribution in [0.25, 0.3) is 0 Å². The van der Waals surface area contributed by atoms with Crippen LogP contribution in [0.2, 0.25) is 0 Å². The Morgan fingerprint density at radius 3 is 2.53 bits per heavy atom. The average molecular weight is 235 g/mol. The van der Waals surface area contributed by atoms with E-state index in [1.165, 1.54) is 0 Å². The van der Waals surface area contributed by atoms with E-state index in [9.17, 15) is 0 Å². The molecule has 1 fully saturated rings.